The summed E-state index contributed by atoms with van der Waals surface area (Å²) in [6.07, 6.45) is 2.16. The first-order chi connectivity index (χ1) is 13.0. The number of carbonyl (C=O) groups is 1. The zero-order valence-corrected chi connectivity index (χ0v) is 15.4. The van der Waals surface area contributed by atoms with Crippen LogP contribution in [0, 0.1) is 11.6 Å². The average Bonchev–Trinajstić information content (AvgIpc) is 3.49. The van der Waals surface area contributed by atoms with Gasteiger partial charge in [0.15, 0.2) is 0 Å². The van der Waals surface area contributed by atoms with Crippen molar-refractivity contribution in [2.24, 2.45) is 0 Å². The SMILES string of the molecule is CC(Sc1nc(C2CC2)nc2ccccc12)C(=O)Nc1cc(F)ccc1F. The Morgan fingerprint density at radius 1 is 1.19 bits per heavy atom. The van der Waals surface area contributed by atoms with Gasteiger partial charge in [0.05, 0.1) is 16.5 Å². The van der Waals surface area contributed by atoms with Gasteiger partial charge in [-0.1, -0.05) is 30.0 Å². The highest BCUT2D eigenvalue weighted by molar-refractivity contribution is 8.00. The van der Waals surface area contributed by atoms with Crippen LogP contribution in [0.1, 0.15) is 31.5 Å². The molecule has 3 aromatic rings. The zero-order chi connectivity index (χ0) is 19.0. The highest BCUT2D eigenvalue weighted by Crippen LogP contribution is 2.40. The number of fused-ring (bicyclic) bond motifs is 1. The summed E-state index contributed by atoms with van der Waals surface area (Å²) >= 11 is 1.29. The van der Waals surface area contributed by atoms with E-state index in [2.05, 4.69) is 15.3 Å². The molecule has 27 heavy (non-hydrogen) atoms. The fourth-order valence-electron chi connectivity index (χ4n) is 2.73. The molecule has 0 aliphatic heterocycles. The van der Waals surface area contributed by atoms with Gasteiger partial charge in [-0.3, -0.25) is 4.79 Å². The van der Waals surface area contributed by atoms with Crippen molar-refractivity contribution >= 4 is 34.3 Å². The van der Waals surface area contributed by atoms with Crippen LogP contribution in [0.4, 0.5) is 14.5 Å². The van der Waals surface area contributed by atoms with E-state index in [0.29, 0.717) is 5.92 Å². The van der Waals surface area contributed by atoms with Crippen LogP contribution in [-0.2, 0) is 4.79 Å². The highest BCUT2D eigenvalue weighted by atomic mass is 32.2. The number of hydrogen-bond donors (Lipinski definition) is 1. The molecule has 1 aromatic heterocycles. The van der Waals surface area contributed by atoms with Crippen molar-refractivity contribution in [1.82, 2.24) is 9.97 Å². The van der Waals surface area contributed by atoms with E-state index in [9.17, 15) is 13.6 Å². The quantitative estimate of drug-likeness (QED) is 0.501. The molecule has 1 amide bonds. The van der Waals surface area contributed by atoms with E-state index in [4.69, 9.17) is 0 Å². The summed E-state index contributed by atoms with van der Waals surface area (Å²) in [4.78, 5) is 21.8. The summed E-state index contributed by atoms with van der Waals surface area (Å²) in [5, 5.41) is 3.51. The predicted octanol–water partition coefficient (Wildman–Crippen LogP) is 4.90. The van der Waals surface area contributed by atoms with Crippen molar-refractivity contribution in [3.8, 4) is 0 Å². The molecule has 4 nitrogen and oxygen atoms in total. The lowest BCUT2D eigenvalue weighted by Crippen LogP contribution is -2.23. The normalized spacial score (nSPS) is 14.9. The molecule has 138 valence electrons. The van der Waals surface area contributed by atoms with E-state index < -0.39 is 22.8 Å². The smallest absolute Gasteiger partial charge is 0.237 e. The molecular weight excluding hydrogens is 368 g/mol. The average molecular weight is 385 g/mol. The summed E-state index contributed by atoms with van der Waals surface area (Å²) in [5.41, 5.74) is 0.680. The molecule has 1 unspecified atom stereocenters. The third-order valence-corrected chi connectivity index (χ3v) is 5.47. The first-order valence-electron chi connectivity index (χ1n) is 8.70. The molecule has 1 saturated carbocycles. The topological polar surface area (TPSA) is 54.9 Å². The number of hydrogen-bond acceptors (Lipinski definition) is 4. The minimum Gasteiger partial charge on any atom is -0.323 e. The van der Waals surface area contributed by atoms with Gasteiger partial charge in [-0.2, -0.15) is 0 Å². The monoisotopic (exact) mass is 385 g/mol. The Morgan fingerprint density at radius 3 is 2.74 bits per heavy atom. The second-order valence-electron chi connectivity index (χ2n) is 6.55. The Hall–Kier alpha value is -2.54. The Morgan fingerprint density at radius 2 is 1.96 bits per heavy atom. The Kier molecular flexibility index (Phi) is 4.78. The number of halogens is 2. The number of rotatable bonds is 5. The lowest BCUT2D eigenvalue weighted by Gasteiger charge is -2.14. The summed E-state index contributed by atoms with van der Waals surface area (Å²) in [6, 6.07) is 10.6. The van der Waals surface area contributed by atoms with E-state index in [0.717, 1.165) is 52.8 Å². The van der Waals surface area contributed by atoms with Crippen molar-refractivity contribution < 1.29 is 13.6 Å². The highest BCUT2D eigenvalue weighted by Gasteiger charge is 2.28. The van der Waals surface area contributed by atoms with Crippen LogP contribution in [-0.4, -0.2) is 21.1 Å². The summed E-state index contributed by atoms with van der Waals surface area (Å²) in [6.45, 7) is 1.71. The molecule has 0 saturated heterocycles. The molecule has 2 aromatic carbocycles. The van der Waals surface area contributed by atoms with Crippen molar-refractivity contribution in [1.29, 1.82) is 0 Å². The van der Waals surface area contributed by atoms with E-state index >= 15 is 0 Å². The molecule has 0 spiro atoms. The van der Waals surface area contributed by atoms with Crippen LogP contribution >= 0.6 is 11.8 Å². The molecule has 1 heterocycles. The third-order valence-electron chi connectivity index (χ3n) is 4.37. The summed E-state index contributed by atoms with van der Waals surface area (Å²) in [5.74, 6) is -0.507. The van der Waals surface area contributed by atoms with Gasteiger partial charge in [0.25, 0.3) is 0 Å². The largest absolute Gasteiger partial charge is 0.323 e. The maximum atomic E-state index is 13.8. The molecule has 4 rings (SSSR count). The molecule has 0 bridgehead atoms. The minimum absolute atomic E-state index is 0.168. The number of thioether (sulfide) groups is 1. The zero-order valence-electron chi connectivity index (χ0n) is 14.6. The van der Waals surface area contributed by atoms with Gasteiger partial charge >= 0.3 is 0 Å². The second-order valence-corrected chi connectivity index (χ2v) is 7.88. The summed E-state index contributed by atoms with van der Waals surface area (Å²) in [7, 11) is 0. The minimum atomic E-state index is -0.676. The maximum Gasteiger partial charge on any atom is 0.237 e. The first kappa shape index (κ1) is 17.9. The van der Waals surface area contributed by atoms with Gasteiger partial charge in [-0.05, 0) is 38.0 Å². The van der Waals surface area contributed by atoms with Crippen LogP contribution < -0.4 is 5.32 Å². The van der Waals surface area contributed by atoms with Gasteiger partial charge in [0.1, 0.15) is 22.5 Å². The summed E-state index contributed by atoms with van der Waals surface area (Å²) < 4.78 is 27.1. The maximum absolute atomic E-state index is 13.8. The molecule has 0 radical (unpaired) electrons. The van der Waals surface area contributed by atoms with E-state index in [-0.39, 0.29) is 5.69 Å². The Bertz CT molecular complexity index is 1020. The van der Waals surface area contributed by atoms with Crippen molar-refractivity contribution in [2.75, 3.05) is 5.32 Å². The number of anilines is 1. The molecule has 1 atom stereocenters. The Labute approximate surface area is 159 Å². The number of para-hydroxylation sites is 1. The van der Waals surface area contributed by atoms with Crippen molar-refractivity contribution in [3.63, 3.8) is 0 Å². The number of nitrogens with one attached hydrogen (secondary N) is 1. The van der Waals surface area contributed by atoms with E-state index in [1.807, 2.05) is 24.3 Å². The van der Waals surface area contributed by atoms with Gasteiger partial charge in [-0.25, -0.2) is 18.7 Å². The van der Waals surface area contributed by atoms with Gasteiger partial charge in [0, 0.05) is 17.4 Å². The molecular formula is C20H17F2N3OS. The van der Waals surface area contributed by atoms with Gasteiger partial charge < -0.3 is 5.32 Å². The number of aromatic nitrogens is 2. The number of nitrogens with zero attached hydrogens (tertiary/aromatic N) is 2. The number of amides is 1. The van der Waals surface area contributed by atoms with Crippen LogP contribution in [0.25, 0.3) is 10.9 Å². The molecule has 1 N–H and O–H groups in total. The van der Waals surface area contributed by atoms with Gasteiger partial charge in [-0.15, -0.1) is 0 Å². The third kappa shape index (κ3) is 3.93. The van der Waals surface area contributed by atoms with Gasteiger partial charge in [0.2, 0.25) is 5.91 Å². The van der Waals surface area contributed by atoms with E-state index in [1.165, 1.54) is 11.8 Å². The lowest BCUT2D eigenvalue weighted by molar-refractivity contribution is -0.115. The molecule has 1 aliphatic rings. The fourth-order valence-corrected chi connectivity index (χ4v) is 3.67. The van der Waals surface area contributed by atoms with Crippen LogP contribution in [0.2, 0.25) is 0 Å². The van der Waals surface area contributed by atoms with Crippen molar-refractivity contribution in [2.45, 2.75) is 36.0 Å². The lowest BCUT2D eigenvalue weighted by atomic mass is 10.2. The Balaban J connectivity index is 1.57. The van der Waals surface area contributed by atoms with Crippen LogP contribution in [0.5, 0.6) is 0 Å². The molecule has 7 heteroatoms. The van der Waals surface area contributed by atoms with Crippen LogP contribution in [0.15, 0.2) is 47.5 Å². The van der Waals surface area contributed by atoms with E-state index in [1.54, 1.807) is 6.92 Å². The number of benzene rings is 2. The standard InChI is InChI=1S/C20H17F2N3OS/c1-11(19(26)24-17-10-13(21)8-9-15(17)22)27-20-14-4-2-3-5-16(14)23-18(25-20)12-6-7-12/h2-5,8-12H,6-7H2,1H3,(H,24,26). The molecule has 1 fully saturated rings. The second kappa shape index (κ2) is 7.23. The molecule has 1 aliphatic carbocycles. The van der Waals surface area contributed by atoms with Crippen molar-refractivity contribution in [3.05, 3.63) is 59.9 Å². The number of carbonyl (C=O) groups excluding carboxylic acids is 1. The first-order valence-corrected chi connectivity index (χ1v) is 9.58. The fraction of sp³-hybridized carbons (Fsp3) is 0.250. The predicted molar refractivity (Wildman–Crippen MR) is 102 cm³/mol. The van der Waals surface area contributed by atoms with Crippen LogP contribution in [0.3, 0.4) is 0 Å².